The summed E-state index contributed by atoms with van der Waals surface area (Å²) in [6.07, 6.45) is 2.17. The molecule has 0 aliphatic rings. The zero-order chi connectivity index (χ0) is 12.5. The van der Waals surface area contributed by atoms with Crippen molar-refractivity contribution in [2.24, 2.45) is 0 Å². The Bertz CT molecular complexity index is 680. The van der Waals surface area contributed by atoms with Crippen molar-refractivity contribution in [3.63, 3.8) is 0 Å². The van der Waals surface area contributed by atoms with Gasteiger partial charge in [0.2, 0.25) is 0 Å². The topological polar surface area (TPSA) is 14.2 Å². The lowest BCUT2D eigenvalue weighted by Gasteiger charge is -2.06. The van der Waals surface area contributed by atoms with Crippen LogP contribution in [0.15, 0.2) is 54.7 Å². The summed E-state index contributed by atoms with van der Waals surface area (Å²) in [5.74, 6) is 0.881. The Morgan fingerprint density at radius 2 is 1.67 bits per heavy atom. The van der Waals surface area contributed by atoms with Gasteiger partial charge >= 0.3 is 0 Å². The van der Waals surface area contributed by atoms with Gasteiger partial charge in [-0.2, -0.15) is 0 Å². The van der Waals surface area contributed by atoms with E-state index in [1.165, 1.54) is 16.5 Å². The fourth-order valence-electron chi connectivity index (χ4n) is 2.31. The number of nitrogens with zero attached hydrogens (tertiary/aromatic N) is 1. The Balaban J connectivity index is 2.18. The van der Waals surface area contributed by atoms with E-state index in [1.807, 2.05) is 12.1 Å². The van der Waals surface area contributed by atoms with E-state index in [9.17, 15) is 0 Å². The molecule has 0 spiro atoms. The van der Waals surface area contributed by atoms with Gasteiger partial charge in [-0.3, -0.25) is 0 Å². The molecule has 2 nitrogen and oxygen atoms in total. The van der Waals surface area contributed by atoms with Crippen LogP contribution in [0.3, 0.4) is 0 Å². The van der Waals surface area contributed by atoms with Crippen LogP contribution in [-0.2, 0) is 0 Å². The third-order valence-electron chi connectivity index (χ3n) is 3.26. The van der Waals surface area contributed by atoms with E-state index in [4.69, 9.17) is 4.74 Å². The highest BCUT2D eigenvalue weighted by atomic mass is 16.5. The summed E-state index contributed by atoms with van der Waals surface area (Å²) >= 11 is 0. The number of hydrogen-bond acceptors (Lipinski definition) is 1. The number of benzene rings is 2. The summed E-state index contributed by atoms with van der Waals surface area (Å²) in [6, 6.07) is 16.6. The molecule has 2 aromatic carbocycles. The molecule has 1 aromatic heterocycles. The van der Waals surface area contributed by atoms with Gasteiger partial charge < -0.3 is 9.30 Å². The SMILES string of the molecule is COc1ccc(-n2cc(C)c3ccccc32)cc1. The van der Waals surface area contributed by atoms with Crippen LogP contribution in [0, 0.1) is 6.92 Å². The van der Waals surface area contributed by atoms with Crippen LogP contribution in [0.4, 0.5) is 0 Å². The normalized spacial score (nSPS) is 10.8. The number of aromatic nitrogens is 1. The van der Waals surface area contributed by atoms with E-state index in [0.717, 1.165) is 11.4 Å². The van der Waals surface area contributed by atoms with Gasteiger partial charge in [-0.25, -0.2) is 0 Å². The minimum atomic E-state index is 0.881. The number of fused-ring (bicyclic) bond motifs is 1. The van der Waals surface area contributed by atoms with Gasteiger partial charge in [-0.05, 0) is 42.8 Å². The highest BCUT2D eigenvalue weighted by Gasteiger charge is 2.06. The predicted octanol–water partition coefficient (Wildman–Crippen LogP) is 3.95. The fourth-order valence-corrected chi connectivity index (χ4v) is 2.31. The molecule has 0 N–H and O–H groups in total. The lowest BCUT2D eigenvalue weighted by Crippen LogP contribution is -1.91. The molecule has 3 aromatic rings. The number of ether oxygens (including phenoxy) is 1. The van der Waals surface area contributed by atoms with E-state index in [2.05, 4.69) is 54.1 Å². The van der Waals surface area contributed by atoms with E-state index < -0.39 is 0 Å². The van der Waals surface area contributed by atoms with Gasteiger partial charge in [0.15, 0.2) is 0 Å². The average molecular weight is 237 g/mol. The number of para-hydroxylation sites is 1. The smallest absolute Gasteiger partial charge is 0.119 e. The molecular weight excluding hydrogens is 222 g/mol. The van der Waals surface area contributed by atoms with Crippen LogP contribution in [-0.4, -0.2) is 11.7 Å². The third-order valence-corrected chi connectivity index (χ3v) is 3.26. The standard InChI is InChI=1S/C16H15NO/c1-12-11-17(16-6-4-3-5-15(12)16)13-7-9-14(18-2)10-8-13/h3-11H,1-2H3. The first-order valence-corrected chi connectivity index (χ1v) is 6.01. The molecule has 3 rings (SSSR count). The lowest BCUT2D eigenvalue weighted by atomic mass is 10.2. The number of methoxy groups -OCH3 is 1. The summed E-state index contributed by atoms with van der Waals surface area (Å²) < 4.78 is 7.40. The van der Waals surface area contributed by atoms with Crippen molar-refractivity contribution in [3.05, 3.63) is 60.3 Å². The molecule has 18 heavy (non-hydrogen) atoms. The number of hydrogen-bond donors (Lipinski definition) is 0. The summed E-state index contributed by atoms with van der Waals surface area (Å²) in [5, 5.41) is 1.30. The maximum Gasteiger partial charge on any atom is 0.119 e. The van der Waals surface area contributed by atoms with Gasteiger partial charge in [0, 0.05) is 17.3 Å². The average Bonchev–Trinajstić information content (AvgIpc) is 2.77. The van der Waals surface area contributed by atoms with Crippen molar-refractivity contribution in [2.75, 3.05) is 7.11 Å². The molecule has 0 aliphatic carbocycles. The highest BCUT2D eigenvalue weighted by molar-refractivity contribution is 5.85. The molecule has 0 fully saturated rings. The van der Waals surface area contributed by atoms with Crippen LogP contribution in [0.25, 0.3) is 16.6 Å². The first-order chi connectivity index (χ1) is 8.79. The molecular formula is C16H15NO. The second-order valence-electron chi connectivity index (χ2n) is 4.40. The van der Waals surface area contributed by atoms with Gasteiger partial charge in [0.25, 0.3) is 0 Å². The third kappa shape index (κ3) is 1.66. The molecule has 0 aliphatic heterocycles. The van der Waals surface area contributed by atoms with Crippen LogP contribution in [0.1, 0.15) is 5.56 Å². The Hall–Kier alpha value is -2.22. The van der Waals surface area contributed by atoms with Crippen molar-refractivity contribution in [1.29, 1.82) is 0 Å². The molecule has 0 amide bonds. The second-order valence-corrected chi connectivity index (χ2v) is 4.40. The van der Waals surface area contributed by atoms with Crippen molar-refractivity contribution in [3.8, 4) is 11.4 Å². The van der Waals surface area contributed by atoms with Crippen molar-refractivity contribution in [1.82, 2.24) is 4.57 Å². The lowest BCUT2D eigenvalue weighted by molar-refractivity contribution is 0.415. The van der Waals surface area contributed by atoms with Gasteiger partial charge in [0.05, 0.1) is 12.6 Å². The molecule has 1 heterocycles. The predicted molar refractivity (Wildman–Crippen MR) is 74.6 cm³/mol. The molecule has 0 atom stereocenters. The Morgan fingerprint density at radius 3 is 2.39 bits per heavy atom. The van der Waals surface area contributed by atoms with Crippen LogP contribution in [0.5, 0.6) is 5.75 Å². The van der Waals surface area contributed by atoms with E-state index in [1.54, 1.807) is 7.11 Å². The molecule has 0 bridgehead atoms. The van der Waals surface area contributed by atoms with Crippen molar-refractivity contribution in [2.45, 2.75) is 6.92 Å². The first-order valence-electron chi connectivity index (χ1n) is 6.01. The molecule has 0 saturated carbocycles. The molecule has 2 heteroatoms. The maximum absolute atomic E-state index is 5.19. The minimum absolute atomic E-state index is 0.881. The Labute approximate surface area is 106 Å². The Kier molecular flexibility index (Phi) is 2.56. The second kappa shape index (κ2) is 4.22. The summed E-state index contributed by atoms with van der Waals surface area (Å²) in [5.41, 5.74) is 3.68. The van der Waals surface area contributed by atoms with Crippen LogP contribution >= 0.6 is 0 Å². The molecule has 90 valence electrons. The zero-order valence-electron chi connectivity index (χ0n) is 10.6. The van der Waals surface area contributed by atoms with Crippen LogP contribution in [0.2, 0.25) is 0 Å². The van der Waals surface area contributed by atoms with Crippen molar-refractivity contribution < 1.29 is 4.74 Å². The fraction of sp³-hybridized carbons (Fsp3) is 0.125. The monoisotopic (exact) mass is 237 g/mol. The largest absolute Gasteiger partial charge is 0.497 e. The zero-order valence-corrected chi connectivity index (χ0v) is 10.6. The summed E-state index contributed by atoms with van der Waals surface area (Å²) in [4.78, 5) is 0. The van der Waals surface area contributed by atoms with Crippen LogP contribution < -0.4 is 4.74 Å². The summed E-state index contributed by atoms with van der Waals surface area (Å²) in [6.45, 7) is 2.14. The molecule has 0 unspecified atom stereocenters. The van der Waals surface area contributed by atoms with E-state index in [0.29, 0.717) is 0 Å². The van der Waals surface area contributed by atoms with Gasteiger partial charge in [-0.15, -0.1) is 0 Å². The minimum Gasteiger partial charge on any atom is -0.497 e. The highest BCUT2D eigenvalue weighted by Crippen LogP contribution is 2.25. The van der Waals surface area contributed by atoms with Gasteiger partial charge in [0.1, 0.15) is 5.75 Å². The maximum atomic E-state index is 5.19. The van der Waals surface area contributed by atoms with E-state index in [-0.39, 0.29) is 0 Å². The number of rotatable bonds is 2. The van der Waals surface area contributed by atoms with Gasteiger partial charge in [-0.1, -0.05) is 18.2 Å². The van der Waals surface area contributed by atoms with E-state index >= 15 is 0 Å². The Morgan fingerprint density at radius 1 is 0.944 bits per heavy atom. The molecule has 0 radical (unpaired) electrons. The number of aryl methyl sites for hydroxylation is 1. The quantitative estimate of drug-likeness (QED) is 0.658. The first kappa shape index (κ1) is 10.9. The van der Waals surface area contributed by atoms with Crippen molar-refractivity contribution >= 4 is 10.9 Å². The summed E-state index contributed by atoms with van der Waals surface area (Å²) in [7, 11) is 1.68. The molecule has 0 saturated heterocycles.